The highest BCUT2D eigenvalue weighted by Gasteiger charge is 2.19. The van der Waals surface area contributed by atoms with Crippen LogP contribution in [0.2, 0.25) is 5.02 Å². The molecule has 0 aliphatic rings. The number of hydrogen-bond donors (Lipinski definition) is 1. The topological polar surface area (TPSA) is 12.0 Å². The maximum Gasteiger partial charge on any atom is 0.0602 e. The molecule has 0 aliphatic carbocycles. The Labute approximate surface area is 131 Å². The summed E-state index contributed by atoms with van der Waals surface area (Å²) >= 11 is 8.33. The van der Waals surface area contributed by atoms with Gasteiger partial charge in [0.05, 0.1) is 6.04 Å². The van der Waals surface area contributed by atoms with E-state index in [2.05, 4.69) is 51.2 Å². The number of halogens is 1. The highest BCUT2D eigenvalue weighted by molar-refractivity contribution is 7.12. The summed E-state index contributed by atoms with van der Waals surface area (Å²) in [6.45, 7) is 9.60. The molecule has 1 atom stereocenters. The monoisotopic (exact) mass is 307 g/mol. The predicted octanol–water partition coefficient (Wildman–Crippen LogP) is 5.42. The Bertz CT molecular complexity index is 589. The smallest absolute Gasteiger partial charge is 0.0602 e. The standard InChI is InChI=1S/C17H22ClNS/c1-5-8-19-17(15-10-12(3)20-13(15)4)14-7-6-11(2)9-16(14)18/h6-7,9-10,17,19H,5,8H2,1-4H3. The lowest BCUT2D eigenvalue weighted by molar-refractivity contribution is 0.598. The van der Waals surface area contributed by atoms with Crippen molar-refractivity contribution in [3.8, 4) is 0 Å². The van der Waals surface area contributed by atoms with Crippen molar-refractivity contribution in [3.05, 3.63) is 55.7 Å². The van der Waals surface area contributed by atoms with E-state index in [1.807, 2.05) is 17.4 Å². The van der Waals surface area contributed by atoms with Gasteiger partial charge in [-0.25, -0.2) is 0 Å². The Hall–Kier alpha value is -0.830. The molecular formula is C17H22ClNS. The zero-order chi connectivity index (χ0) is 14.7. The number of thiophene rings is 1. The molecule has 20 heavy (non-hydrogen) atoms. The first-order valence-electron chi connectivity index (χ1n) is 7.09. The molecule has 1 N–H and O–H groups in total. The van der Waals surface area contributed by atoms with E-state index >= 15 is 0 Å². The van der Waals surface area contributed by atoms with Gasteiger partial charge in [-0.2, -0.15) is 0 Å². The Balaban J connectivity index is 2.44. The van der Waals surface area contributed by atoms with Crippen LogP contribution < -0.4 is 5.32 Å². The van der Waals surface area contributed by atoms with Gasteiger partial charge in [-0.05, 0) is 62.6 Å². The van der Waals surface area contributed by atoms with Crippen molar-refractivity contribution in [1.29, 1.82) is 0 Å². The molecule has 108 valence electrons. The molecule has 3 heteroatoms. The summed E-state index contributed by atoms with van der Waals surface area (Å²) in [5.41, 5.74) is 3.73. The van der Waals surface area contributed by atoms with Gasteiger partial charge in [0.1, 0.15) is 0 Å². The SMILES string of the molecule is CCCNC(c1ccc(C)cc1Cl)c1cc(C)sc1C. The maximum atomic E-state index is 6.48. The highest BCUT2D eigenvalue weighted by atomic mass is 35.5. The number of nitrogens with one attached hydrogen (secondary N) is 1. The summed E-state index contributed by atoms with van der Waals surface area (Å²) < 4.78 is 0. The lowest BCUT2D eigenvalue weighted by atomic mass is 9.97. The van der Waals surface area contributed by atoms with Gasteiger partial charge >= 0.3 is 0 Å². The fourth-order valence-electron chi connectivity index (χ4n) is 2.48. The number of aryl methyl sites for hydroxylation is 3. The second-order valence-corrected chi connectivity index (χ2v) is 7.15. The van der Waals surface area contributed by atoms with Gasteiger partial charge in [-0.1, -0.05) is 30.7 Å². The molecule has 0 saturated carbocycles. The van der Waals surface area contributed by atoms with E-state index in [1.165, 1.54) is 26.4 Å². The van der Waals surface area contributed by atoms with Gasteiger partial charge in [0.15, 0.2) is 0 Å². The Morgan fingerprint density at radius 2 is 1.90 bits per heavy atom. The average Bonchev–Trinajstić information content (AvgIpc) is 2.71. The van der Waals surface area contributed by atoms with Crippen LogP contribution in [0.5, 0.6) is 0 Å². The lowest BCUT2D eigenvalue weighted by Crippen LogP contribution is -2.23. The molecule has 2 aromatic rings. The number of benzene rings is 1. The second kappa shape index (κ2) is 6.75. The third kappa shape index (κ3) is 3.43. The molecule has 2 rings (SSSR count). The first kappa shape index (κ1) is 15.6. The van der Waals surface area contributed by atoms with E-state index in [0.29, 0.717) is 0 Å². The zero-order valence-corrected chi connectivity index (χ0v) is 14.2. The molecule has 0 amide bonds. The maximum absolute atomic E-state index is 6.48. The first-order valence-corrected chi connectivity index (χ1v) is 8.28. The van der Waals surface area contributed by atoms with Crippen LogP contribution >= 0.6 is 22.9 Å². The summed E-state index contributed by atoms with van der Waals surface area (Å²) in [5.74, 6) is 0. The van der Waals surface area contributed by atoms with E-state index in [1.54, 1.807) is 0 Å². The largest absolute Gasteiger partial charge is 0.306 e. The molecule has 1 aromatic carbocycles. The van der Waals surface area contributed by atoms with Gasteiger partial charge in [0.2, 0.25) is 0 Å². The molecule has 0 fully saturated rings. The summed E-state index contributed by atoms with van der Waals surface area (Å²) in [7, 11) is 0. The quantitative estimate of drug-likeness (QED) is 0.778. The normalized spacial score (nSPS) is 12.7. The second-order valence-electron chi connectivity index (χ2n) is 5.28. The molecular weight excluding hydrogens is 286 g/mol. The van der Waals surface area contributed by atoms with Crippen LogP contribution in [0.1, 0.15) is 45.8 Å². The van der Waals surface area contributed by atoms with Crippen LogP contribution in [0.25, 0.3) is 0 Å². The van der Waals surface area contributed by atoms with E-state index in [4.69, 9.17) is 11.6 Å². The van der Waals surface area contributed by atoms with Crippen molar-refractivity contribution in [3.63, 3.8) is 0 Å². The van der Waals surface area contributed by atoms with Crippen LogP contribution in [0.3, 0.4) is 0 Å². The number of hydrogen-bond acceptors (Lipinski definition) is 2. The minimum Gasteiger partial charge on any atom is -0.306 e. The van der Waals surface area contributed by atoms with Crippen molar-refractivity contribution in [2.24, 2.45) is 0 Å². The molecule has 0 aliphatic heterocycles. The Morgan fingerprint density at radius 1 is 1.15 bits per heavy atom. The minimum absolute atomic E-state index is 0.188. The van der Waals surface area contributed by atoms with Crippen molar-refractivity contribution >= 4 is 22.9 Å². The molecule has 0 radical (unpaired) electrons. The summed E-state index contributed by atoms with van der Waals surface area (Å²) in [6.07, 6.45) is 1.11. The summed E-state index contributed by atoms with van der Waals surface area (Å²) in [6, 6.07) is 8.80. The summed E-state index contributed by atoms with van der Waals surface area (Å²) in [5, 5.41) is 4.49. The minimum atomic E-state index is 0.188. The van der Waals surface area contributed by atoms with Gasteiger partial charge < -0.3 is 5.32 Å². The highest BCUT2D eigenvalue weighted by Crippen LogP contribution is 2.34. The van der Waals surface area contributed by atoms with E-state index in [9.17, 15) is 0 Å². The van der Waals surface area contributed by atoms with Crippen LogP contribution in [-0.4, -0.2) is 6.54 Å². The van der Waals surface area contributed by atoms with Gasteiger partial charge in [0.25, 0.3) is 0 Å². The Kier molecular flexibility index (Phi) is 5.25. The molecule has 1 aromatic heterocycles. The molecule has 1 heterocycles. The Morgan fingerprint density at radius 3 is 2.45 bits per heavy atom. The van der Waals surface area contributed by atoms with Gasteiger partial charge in [0, 0.05) is 14.8 Å². The predicted molar refractivity (Wildman–Crippen MR) is 90.1 cm³/mol. The van der Waals surface area contributed by atoms with Crippen molar-refractivity contribution in [2.75, 3.05) is 6.54 Å². The van der Waals surface area contributed by atoms with E-state index in [0.717, 1.165) is 18.0 Å². The third-order valence-electron chi connectivity index (χ3n) is 3.46. The summed E-state index contributed by atoms with van der Waals surface area (Å²) in [4.78, 5) is 2.72. The van der Waals surface area contributed by atoms with Gasteiger partial charge in [-0.3, -0.25) is 0 Å². The van der Waals surface area contributed by atoms with Crippen molar-refractivity contribution < 1.29 is 0 Å². The van der Waals surface area contributed by atoms with E-state index in [-0.39, 0.29) is 6.04 Å². The first-order chi connectivity index (χ1) is 9.52. The van der Waals surface area contributed by atoms with Crippen molar-refractivity contribution in [1.82, 2.24) is 5.32 Å². The molecule has 1 nitrogen and oxygen atoms in total. The third-order valence-corrected chi connectivity index (χ3v) is 4.76. The number of rotatable bonds is 5. The van der Waals surface area contributed by atoms with E-state index < -0.39 is 0 Å². The van der Waals surface area contributed by atoms with Crippen LogP contribution in [-0.2, 0) is 0 Å². The van der Waals surface area contributed by atoms with Crippen LogP contribution in [0.4, 0.5) is 0 Å². The average molecular weight is 308 g/mol. The molecule has 0 bridgehead atoms. The molecule has 1 unspecified atom stereocenters. The fraction of sp³-hybridized carbons (Fsp3) is 0.412. The van der Waals surface area contributed by atoms with Crippen molar-refractivity contribution in [2.45, 2.75) is 40.2 Å². The fourth-order valence-corrected chi connectivity index (χ4v) is 3.79. The lowest BCUT2D eigenvalue weighted by Gasteiger charge is -2.21. The zero-order valence-electron chi connectivity index (χ0n) is 12.6. The van der Waals surface area contributed by atoms with Crippen LogP contribution in [0, 0.1) is 20.8 Å². The molecule has 0 spiro atoms. The van der Waals surface area contributed by atoms with Gasteiger partial charge in [-0.15, -0.1) is 11.3 Å². The van der Waals surface area contributed by atoms with Crippen LogP contribution in [0.15, 0.2) is 24.3 Å². The molecule has 0 saturated heterocycles.